The highest BCUT2D eigenvalue weighted by Crippen LogP contribution is 2.25. The predicted molar refractivity (Wildman–Crippen MR) is 117 cm³/mol. The molecule has 1 atom stereocenters. The molecule has 0 saturated carbocycles. The first-order chi connectivity index (χ1) is 14.5. The highest BCUT2D eigenvalue weighted by Gasteiger charge is 2.21. The van der Waals surface area contributed by atoms with Crippen LogP contribution in [0, 0.1) is 6.92 Å². The Bertz CT molecular complexity index is 1210. The monoisotopic (exact) mass is 399 g/mol. The number of anilines is 2. The Kier molecular flexibility index (Phi) is 5.30. The molecule has 4 aromatic rings. The first kappa shape index (κ1) is 19.4. The number of rotatable bonds is 6. The van der Waals surface area contributed by atoms with Gasteiger partial charge in [-0.25, -0.2) is 4.98 Å². The number of Topliss-reactive ketones (excluding diaryl/α,β-unsaturated/α-hetero) is 1. The number of oxazole rings is 1. The quantitative estimate of drug-likeness (QED) is 0.439. The number of hydrogen-bond donors (Lipinski definition) is 2. The van der Waals surface area contributed by atoms with Gasteiger partial charge in [-0.15, -0.1) is 0 Å². The van der Waals surface area contributed by atoms with Crippen LogP contribution in [0.2, 0.25) is 0 Å². The fraction of sp³-hybridized carbons (Fsp3) is 0.125. The molecule has 0 aliphatic heterocycles. The third kappa shape index (κ3) is 4.22. The molecule has 0 saturated heterocycles. The van der Waals surface area contributed by atoms with Crippen molar-refractivity contribution in [3.63, 3.8) is 0 Å². The zero-order chi connectivity index (χ0) is 21.1. The van der Waals surface area contributed by atoms with E-state index in [0.717, 1.165) is 16.8 Å². The van der Waals surface area contributed by atoms with Crippen molar-refractivity contribution in [2.75, 3.05) is 10.6 Å². The van der Waals surface area contributed by atoms with E-state index in [1.54, 1.807) is 31.2 Å². The molecule has 150 valence electrons. The van der Waals surface area contributed by atoms with Gasteiger partial charge in [-0.2, -0.15) is 0 Å². The molecule has 0 spiro atoms. The first-order valence-electron chi connectivity index (χ1n) is 9.60. The van der Waals surface area contributed by atoms with Crippen LogP contribution in [-0.4, -0.2) is 16.7 Å². The smallest absolute Gasteiger partial charge is 0.251 e. The Balaban J connectivity index is 1.63. The van der Waals surface area contributed by atoms with Gasteiger partial charge in [0.15, 0.2) is 17.3 Å². The van der Waals surface area contributed by atoms with E-state index >= 15 is 0 Å². The van der Waals surface area contributed by atoms with Crippen molar-refractivity contribution in [1.29, 1.82) is 0 Å². The van der Waals surface area contributed by atoms with Gasteiger partial charge in [0.25, 0.3) is 5.91 Å². The van der Waals surface area contributed by atoms with Crippen molar-refractivity contribution in [2.45, 2.75) is 19.9 Å². The lowest BCUT2D eigenvalue weighted by Crippen LogP contribution is -2.27. The average molecular weight is 399 g/mol. The fourth-order valence-electron chi connectivity index (χ4n) is 3.28. The second kappa shape index (κ2) is 8.21. The van der Waals surface area contributed by atoms with Crippen molar-refractivity contribution < 1.29 is 14.0 Å². The van der Waals surface area contributed by atoms with Crippen molar-refractivity contribution >= 4 is 34.2 Å². The van der Waals surface area contributed by atoms with Crippen LogP contribution in [0.1, 0.15) is 34.8 Å². The van der Waals surface area contributed by atoms with Gasteiger partial charge >= 0.3 is 0 Å². The van der Waals surface area contributed by atoms with Crippen molar-refractivity contribution in [2.24, 2.45) is 0 Å². The first-order valence-corrected chi connectivity index (χ1v) is 9.60. The van der Waals surface area contributed by atoms with Gasteiger partial charge in [0.2, 0.25) is 0 Å². The summed E-state index contributed by atoms with van der Waals surface area (Å²) in [4.78, 5) is 29.2. The lowest BCUT2D eigenvalue weighted by Gasteiger charge is -2.20. The zero-order valence-electron chi connectivity index (χ0n) is 16.7. The number of aromatic nitrogens is 1. The molecule has 0 radical (unpaired) electrons. The normalized spacial score (nSPS) is 11.8. The lowest BCUT2D eigenvalue weighted by atomic mass is 10.0. The number of ketones is 1. The Hall–Kier alpha value is -3.93. The number of nitrogens with zero attached hydrogens (tertiary/aromatic N) is 1. The van der Waals surface area contributed by atoms with Crippen molar-refractivity contribution in [3.05, 3.63) is 89.8 Å². The molecule has 3 aromatic carbocycles. The summed E-state index contributed by atoms with van der Waals surface area (Å²) in [6, 6.07) is 21.3. The minimum atomic E-state index is -0.641. The molecule has 1 heterocycles. The largest absolute Gasteiger partial charge is 0.441 e. The van der Waals surface area contributed by atoms with Crippen LogP contribution < -0.4 is 10.6 Å². The lowest BCUT2D eigenvalue weighted by molar-refractivity contribution is -0.117. The van der Waals surface area contributed by atoms with E-state index in [-0.39, 0.29) is 11.7 Å². The number of nitrogens with one attached hydrogen (secondary N) is 2. The number of fused-ring (bicyclic) bond motifs is 1. The molecule has 0 bridgehead atoms. The molecule has 1 aromatic heterocycles. The maximum atomic E-state index is 13.2. The molecule has 1 unspecified atom stereocenters. The summed E-state index contributed by atoms with van der Waals surface area (Å²) >= 11 is 0. The third-order valence-electron chi connectivity index (χ3n) is 4.74. The van der Waals surface area contributed by atoms with Gasteiger partial charge in [0.1, 0.15) is 11.6 Å². The minimum Gasteiger partial charge on any atom is -0.441 e. The topological polar surface area (TPSA) is 84.2 Å². The number of hydrogen-bond acceptors (Lipinski definition) is 5. The molecule has 2 N–H and O–H groups in total. The number of benzene rings is 3. The predicted octanol–water partition coefficient (Wildman–Crippen LogP) is 5.13. The average Bonchev–Trinajstić information content (AvgIpc) is 3.12. The summed E-state index contributed by atoms with van der Waals surface area (Å²) in [5.41, 5.74) is 4.09. The second-order valence-corrected chi connectivity index (χ2v) is 7.03. The third-order valence-corrected chi connectivity index (χ3v) is 4.74. The van der Waals surface area contributed by atoms with Gasteiger partial charge in [-0.3, -0.25) is 9.59 Å². The fourth-order valence-corrected chi connectivity index (χ4v) is 3.28. The van der Waals surface area contributed by atoms with Gasteiger partial charge < -0.3 is 15.1 Å². The van der Waals surface area contributed by atoms with E-state index in [1.165, 1.54) is 6.92 Å². The number of amides is 1. The second-order valence-electron chi connectivity index (χ2n) is 7.03. The molecule has 30 heavy (non-hydrogen) atoms. The Morgan fingerprint density at radius 2 is 1.73 bits per heavy atom. The maximum Gasteiger partial charge on any atom is 0.251 e. The molecular weight excluding hydrogens is 378 g/mol. The number of carbonyl (C=O) groups excluding carboxylic acids is 2. The zero-order valence-corrected chi connectivity index (χ0v) is 16.7. The van der Waals surface area contributed by atoms with Crippen LogP contribution in [0.3, 0.4) is 0 Å². The van der Waals surface area contributed by atoms with Gasteiger partial charge in [-0.1, -0.05) is 42.5 Å². The standard InChI is InChI=1S/C24H21N3O3/c1-15(28)18-9-6-10-19(13-18)27-24(29)23(17-7-4-3-5-8-17)26-20-11-12-22-21(14-20)25-16(2)30-22/h3-14,23,26H,1-2H3,(H,27,29). The van der Waals surface area contributed by atoms with Crippen molar-refractivity contribution in [3.8, 4) is 0 Å². The van der Waals surface area contributed by atoms with Crippen molar-refractivity contribution in [1.82, 2.24) is 4.98 Å². The highest BCUT2D eigenvalue weighted by molar-refractivity contribution is 6.00. The molecule has 0 fully saturated rings. The molecule has 6 nitrogen and oxygen atoms in total. The molecular formula is C24H21N3O3. The van der Waals surface area contributed by atoms with E-state index in [2.05, 4.69) is 15.6 Å². The van der Waals surface area contributed by atoms with Gasteiger partial charge in [0.05, 0.1) is 0 Å². The summed E-state index contributed by atoms with van der Waals surface area (Å²) in [5, 5.41) is 6.20. The van der Waals surface area contributed by atoms with E-state index in [9.17, 15) is 9.59 Å². The molecule has 6 heteroatoms. The minimum absolute atomic E-state index is 0.0555. The van der Waals surface area contributed by atoms with E-state index in [0.29, 0.717) is 22.7 Å². The molecule has 0 aliphatic carbocycles. The molecule has 4 rings (SSSR count). The van der Waals surface area contributed by atoms with Crippen LogP contribution in [0.4, 0.5) is 11.4 Å². The van der Waals surface area contributed by atoms with Crippen LogP contribution >= 0.6 is 0 Å². The SMILES string of the molecule is CC(=O)c1cccc(NC(=O)C(Nc2ccc3oc(C)nc3c2)c2ccccc2)c1. The Morgan fingerprint density at radius 3 is 2.50 bits per heavy atom. The van der Waals surface area contributed by atoms with Crippen LogP contribution in [-0.2, 0) is 4.79 Å². The van der Waals surface area contributed by atoms with Crippen LogP contribution in [0.15, 0.2) is 77.2 Å². The van der Waals surface area contributed by atoms with Gasteiger partial charge in [-0.05, 0) is 42.8 Å². The summed E-state index contributed by atoms with van der Waals surface area (Å²) in [6.45, 7) is 3.29. The van der Waals surface area contributed by atoms with Gasteiger partial charge in [0, 0.05) is 23.9 Å². The van der Waals surface area contributed by atoms with E-state index in [4.69, 9.17) is 4.42 Å². The number of carbonyl (C=O) groups is 2. The van der Waals surface area contributed by atoms with Crippen LogP contribution in [0.25, 0.3) is 11.1 Å². The van der Waals surface area contributed by atoms with Crippen LogP contribution in [0.5, 0.6) is 0 Å². The highest BCUT2D eigenvalue weighted by atomic mass is 16.3. The summed E-state index contributed by atoms with van der Waals surface area (Å²) < 4.78 is 5.52. The summed E-state index contributed by atoms with van der Waals surface area (Å²) in [5.74, 6) is 0.295. The Labute approximate surface area is 173 Å². The van der Waals surface area contributed by atoms with E-state index in [1.807, 2.05) is 48.5 Å². The summed E-state index contributed by atoms with van der Waals surface area (Å²) in [7, 11) is 0. The van der Waals surface area contributed by atoms with E-state index < -0.39 is 6.04 Å². The number of aryl methyl sites for hydroxylation is 1. The maximum absolute atomic E-state index is 13.2. The summed E-state index contributed by atoms with van der Waals surface area (Å²) in [6.07, 6.45) is 0. The Morgan fingerprint density at radius 1 is 0.933 bits per heavy atom. The molecule has 1 amide bonds. The molecule has 0 aliphatic rings.